The van der Waals surface area contributed by atoms with Crippen LogP contribution in [0.3, 0.4) is 0 Å². The Morgan fingerprint density at radius 1 is 1.12 bits per heavy atom. The molecule has 0 unspecified atom stereocenters. The molecule has 0 amide bonds. The van der Waals surface area contributed by atoms with Crippen LogP contribution in [0, 0.1) is 17.2 Å². The zero-order chi connectivity index (χ0) is 22.0. The van der Waals surface area contributed by atoms with Gasteiger partial charge in [-0.3, -0.25) is 4.99 Å². The zero-order valence-electron chi connectivity index (χ0n) is 19.0. The number of aliphatic imine (C=N–C) groups is 1. The Morgan fingerprint density at radius 3 is 2.78 bits per heavy atom. The van der Waals surface area contributed by atoms with Gasteiger partial charge in [-0.2, -0.15) is 5.26 Å². The maximum absolute atomic E-state index is 8.97. The summed E-state index contributed by atoms with van der Waals surface area (Å²) < 4.78 is 0. The second-order valence-electron chi connectivity index (χ2n) is 8.92. The number of amidine groups is 1. The molecule has 1 aromatic carbocycles. The lowest BCUT2D eigenvalue weighted by atomic mass is 9.86. The van der Waals surface area contributed by atoms with E-state index in [0.29, 0.717) is 5.56 Å². The molecule has 1 N–H and O–H groups in total. The quantitative estimate of drug-likeness (QED) is 0.573. The summed E-state index contributed by atoms with van der Waals surface area (Å²) >= 11 is 0. The zero-order valence-corrected chi connectivity index (χ0v) is 19.0. The van der Waals surface area contributed by atoms with Crippen LogP contribution >= 0.6 is 0 Å². The van der Waals surface area contributed by atoms with Gasteiger partial charge in [0.25, 0.3) is 0 Å². The molecule has 1 aromatic rings. The fraction of sp³-hybridized carbons (Fsp3) is 0.429. The molecule has 0 bridgehead atoms. The first-order chi connectivity index (χ1) is 15.8. The van der Waals surface area contributed by atoms with Gasteiger partial charge in [0.2, 0.25) is 0 Å². The van der Waals surface area contributed by atoms with E-state index in [4.69, 9.17) is 10.3 Å². The van der Waals surface area contributed by atoms with Crippen molar-refractivity contribution in [3.63, 3.8) is 0 Å². The second kappa shape index (κ2) is 11.6. The summed E-state index contributed by atoms with van der Waals surface area (Å²) in [6, 6.07) is 9.93. The standard InChI is InChI=1S/C28H34N4/c29-22-24-16-14-23(15-17-24)21-28-30-18-8-20-32(31-28)19-7-1-2-9-25-12-5-6-13-27(25)26-10-3-4-11-26/h1-2,5,7,9,12,14-17,26H,3-4,6,8,10-11,13,18-21H2,(H,30,31)/b7-1+,9-2+. The van der Waals surface area contributed by atoms with Crippen molar-refractivity contribution in [2.45, 2.75) is 51.4 Å². The molecule has 0 radical (unpaired) electrons. The monoisotopic (exact) mass is 426 g/mol. The van der Waals surface area contributed by atoms with E-state index in [1.807, 2.05) is 24.3 Å². The van der Waals surface area contributed by atoms with Crippen molar-refractivity contribution in [3.8, 4) is 6.07 Å². The molecule has 166 valence electrons. The third kappa shape index (κ3) is 6.31. The number of hydrogen-bond acceptors (Lipinski definition) is 4. The lowest BCUT2D eigenvalue weighted by Crippen LogP contribution is -2.42. The third-order valence-corrected chi connectivity index (χ3v) is 6.58. The van der Waals surface area contributed by atoms with Crippen molar-refractivity contribution in [1.82, 2.24) is 10.4 Å². The van der Waals surface area contributed by atoms with Gasteiger partial charge in [-0.15, -0.1) is 0 Å². The van der Waals surface area contributed by atoms with Gasteiger partial charge in [0.05, 0.1) is 11.6 Å². The van der Waals surface area contributed by atoms with E-state index in [1.54, 1.807) is 5.57 Å². The normalized spacial score (nSPS) is 20.5. The highest BCUT2D eigenvalue weighted by molar-refractivity contribution is 5.84. The molecule has 0 spiro atoms. The summed E-state index contributed by atoms with van der Waals surface area (Å²) in [5, 5.41) is 11.2. The predicted octanol–water partition coefficient (Wildman–Crippen LogP) is 5.66. The molecule has 3 aliphatic rings. The maximum Gasteiger partial charge on any atom is 0.115 e. The highest BCUT2D eigenvalue weighted by Gasteiger charge is 2.21. The van der Waals surface area contributed by atoms with E-state index >= 15 is 0 Å². The molecular weight excluding hydrogens is 392 g/mol. The molecule has 4 rings (SSSR count). The molecular formula is C28H34N4. The van der Waals surface area contributed by atoms with Crippen molar-refractivity contribution >= 4 is 5.84 Å². The Labute approximate surface area is 192 Å². The Bertz CT molecular complexity index is 950. The van der Waals surface area contributed by atoms with Gasteiger partial charge in [-0.25, -0.2) is 5.01 Å². The smallest absolute Gasteiger partial charge is 0.115 e. The number of hydrogen-bond donors (Lipinski definition) is 1. The lowest BCUT2D eigenvalue weighted by molar-refractivity contribution is 0.265. The molecule has 1 heterocycles. The number of nitrogens with one attached hydrogen (secondary N) is 1. The minimum absolute atomic E-state index is 0.694. The van der Waals surface area contributed by atoms with Gasteiger partial charge in [0.15, 0.2) is 0 Å². The Morgan fingerprint density at radius 2 is 1.97 bits per heavy atom. The Hall–Kier alpha value is -2.90. The van der Waals surface area contributed by atoms with E-state index in [2.05, 4.69) is 53.0 Å². The van der Waals surface area contributed by atoms with E-state index in [9.17, 15) is 0 Å². The number of hydrazine groups is 1. The first-order valence-electron chi connectivity index (χ1n) is 12.1. The average Bonchev–Trinajstić information content (AvgIpc) is 3.27. The van der Waals surface area contributed by atoms with Crippen LogP contribution in [0.5, 0.6) is 0 Å². The van der Waals surface area contributed by atoms with E-state index in [-0.39, 0.29) is 0 Å². The van der Waals surface area contributed by atoms with Crippen LogP contribution in [0.15, 0.2) is 76.9 Å². The second-order valence-corrected chi connectivity index (χ2v) is 8.92. The summed E-state index contributed by atoms with van der Waals surface area (Å²) in [6.07, 6.45) is 23.3. The van der Waals surface area contributed by atoms with Crippen LogP contribution in [-0.4, -0.2) is 30.5 Å². The minimum atomic E-state index is 0.694. The predicted molar refractivity (Wildman–Crippen MR) is 132 cm³/mol. The number of rotatable bonds is 7. The van der Waals surface area contributed by atoms with Crippen LogP contribution < -0.4 is 5.43 Å². The van der Waals surface area contributed by atoms with Crippen LogP contribution in [0.25, 0.3) is 0 Å². The van der Waals surface area contributed by atoms with E-state index in [0.717, 1.165) is 44.2 Å². The first-order valence-corrected chi connectivity index (χ1v) is 12.1. The third-order valence-electron chi connectivity index (χ3n) is 6.58. The number of allylic oxidation sites excluding steroid dienone is 7. The summed E-state index contributed by atoms with van der Waals surface area (Å²) in [5.41, 5.74) is 8.49. The largest absolute Gasteiger partial charge is 0.306 e. The van der Waals surface area contributed by atoms with Gasteiger partial charge in [-0.1, -0.05) is 67.0 Å². The molecule has 1 aliphatic heterocycles. The fourth-order valence-corrected chi connectivity index (χ4v) is 4.88. The van der Waals surface area contributed by atoms with Crippen LogP contribution in [0.1, 0.15) is 56.1 Å². The summed E-state index contributed by atoms with van der Waals surface area (Å²) in [4.78, 5) is 4.71. The molecule has 32 heavy (non-hydrogen) atoms. The Kier molecular flexibility index (Phi) is 8.11. The molecule has 4 nitrogen and oxygen atoms in total. The molecule has 0 aromatic heterocycles. The molecule has 4 heteroatoms. The molecule has 1 saturated carbocycles. The number of nitriles is 1. The van der Waals surface area contributed by atoms with Gasteiger partial charge in [0.1, 0.15) is 5.84 Å². The van der Waals surface area contributed by atoms with Crippen LogP contribution in [-0.2, 0) is 6.42 Å². The fourth-order valence-electron chi connectivity index (χ4n) is 4.88. The van der Waals surface area contributed by atoms with Gasteiger partial charge >= 0.3 is 0 Å². The molecule has 1 fully saturated rings. The van der Waals surface area contributed by atoms with Crippen molar-refractivity contribution < 1.29 is 0 Å². The van der Waals surface area contributed by atoms with Crippen molar-refractivity contribution in [1.29, 1.82) is 5.26 Å². The van der Waals surface area contributed by atoms with Crippen molar-refractivity contribution in [2.75, 3.05) is 19.6 Å². The first kappa shape index (κ1) is 22.3. The van der Waals surface area contributed by atoms with Gasteiger partial charge in [0, 0.05) is 26.1 Å². The van der Waals surface area contributed by atoms with Gasteiger partial charge < -0.3 is 5.43 Å². The molecule has 0 saturated heterocycles. The highest BCUT2D eigenvalue weighted by Crippen LogP contribution is 2.37. The summed E-state index contributed by atoms with van der Waals surface area (Å²) in [7, 11) is 0. The van der Waals surface area contributed by atoms with Crippen LogP contribution in [0.2, 0.25) is 0 Å². The topological polar surface area (TPSA) is 51.4 Å². The SMILES string of the molecule is N#Cc1ccc(CC2=NCCCN(C/C=C/C=C/C3=C(C4CCCC4)CCC=C3)N2)cc1. The van der Waals surface area contributed by atoms with Gasteiger partial charge in [-0.05, 0) is 61.3 Å². The minimum Gasteiger partial charge on any atom is -0.306 e. The molecule has 2 aliphatic carbocycles. The summed E-state index contributed by atoms with van der Waals surface area (Å²) in [5.74, 6) is 1.81. The average molecular weight is 427 g/mol. The van der Waals surface area contributed by atoms with Crippen molar-refractivity contribution in [2.24, 2.45) is 10.9 Å². The van der Waals surface area contributed by atoms with Crippen molar-refractivity contribution in [3.05, 3.63) is 83.0 Å². The number of benzene rings is 1. The highest BCUT2D eigenvalue weighted by atomic mass is 15.5. The lowest BCUT2D eigenvalue weighted by Gasteiger charge is -2.21. The Balaban J connectivity index is 1.30. The molecule has 0 atom stereocenters. The van der Waals surface area contributed by atoms with Crippen LogP contribution in [0.4, 0.5) is 0 Å². The van der Waals surface area contributed by atoms with E-state index < -0.39 is 0 Å². The summed E-state index contributed by atoms with van der Waals surface area (Å²) in [6.45, 7) is 2.68. The maximum atomic E-state index is 8.97. The van der Waals surface area contributed by atoms with E-state index in [1.165, 1.54) is 49.7 Å². The number of nitrogens with zero attached hydrogens (tertiary/aromatic N) is 3.